The highest BCUT2D eigenvalue weighted by atomic mass is 32.2. The average Bonchev–Trinajstić information content (AvgIpc) is 2.90. The van der Waals surface area contributed by atoms with E-state index in [9.17, 15) is 18.0 Å². The molecule has 0 atom stereocenters. The molecule has 0 aliphatic carbocycles. The summed E-state index contributed by atoms with van der Waals surface area (Å²) in [7, 11) is -3.80. The SMILES string of the molecule is O=C(Nc1ccccc1C(=O)NCCc1ccccc1)c1cccc(NS(=O)(=O)c2ccccc2)c1. The van der Waals surface area contributed by atoms with Crippen LogP contribution in [0.25, 0.3) is 0 Å². The number of amides is 2. The van der Waals surface area contributed by atoms with E-state index in [2.05, 4.69) is 15.4 Å². The van der Waals surface area contributed by atoms with Crippen LogP contribution < -0.4 is 15.4 Å². The molecule has 7 nitrogen and oxygen atoms in total. The monoisotopic (exact) mass is 499 g/mol. The summed E-state index contributed by atoms with van der Waals surface area (Å²) in [6.07, 6.45) is 0.687. The molecule has 0 bridgehead atoms. The molecule has 0 aliphatic heterocycles. The third-order valence-corrected chi connectivity index (χ3v) is 6.79. The Morgan fingerprint density at radius 1 is 0.694 bits per heavy atom. The van der Waals surface area contributed by atoms with Crippen LogP contribution in [0.3, 0.4) is 0 Å². The van der Waals surface area contributed by atoms with Crippen LogP contribution in [0.15, 0.2) is 114 Å². The van der Waals surface area contributed by atoms with Crippen molar-refractivity contribution in [1.82, 2.24) is 5.32 Å². The van der Waals surface area contributed by atoms with Gasteiger partial charge in [-0.15, -0.1) is 0 Å². The fourth-order valence-corrected chi connectivity index (χ4v) is 4.65. The van der Waals surface area contributed by atoms with E-state index in [1.54, 1.807) is 60.7 Å². The fourth-order valence-electron chi connectivity index (χ4n) is 3.58. The van der Waals surface area contributed by atoms with Crippen molar-refractivity contribution in [3.8, 4) is 0 Å². The third kappa shape index (κ3) is 6.37. The first kappa shape index (κ1) is 24.7. The minimum atomic E-state index is -3.80. The van der Waals surface area contributed by atoms with Gasteiger partial charge in [0.15, 0.2) is 0 Å². The molecular formula is C28H25N3O4S. The van der Waals surface area contributed by atoms with Crippen LogP contribution in [0.4, 0.5) is 11.4 Å². The van der Waals surface area contributed by atoms with Crippen LogP contribution in [0.2, 0.25) is 0 Å². The number of carbonyl (C=O) groups is 2. The van der Waals surface area contributed by atoms with Gasteiger partial charge in [0.05, 0.1) is 16.1 Å². The van der Waals surface area contributed by atoms with Gasteiger partial charge in [-0.2, -0.15) is 0 Å². The summed E-state index contributed by atoms with van der Waals surface area (Å²) in [6.45, 7) is 0.453. The molecule has 0 aromatic heterocycles. The van der Waals surface area contributed by atoms with Gasteiger partial charge in [0.25, 0.3) is 21.8 Å². The zero-order valence-electron chi connectivity index (χ0n) is 19.3. The number of sulfonamides is 1. The lowest BCUT2D eigenvalue weighted by atomic mass is 10.1. The smallest absolute Gasteiger partial charge is 0.261 e. The quantitative estimate of drug-likeness (QED) is 0.310. The Hall–Kier alpha value is -4.43. The van der Waals surface area contributed by atoms with Crippen molar-refractivity contribution in [3.05, 3.63) is 126 Å². The van der Waals surface area contributed by atoms with Crippen LogP contribution in [-0.2, 0) is 16.4 Å². The summed E-state index contributed by atoms with van der Waals surface area (Å²) in [5, 5.41) is 5.64. The Morgan fingerprint density at radius 3 is 2.11 bits per heavy atom. The van der Waals surface area contributed by atoms with Gasteiger partial charge in [-0.05, 0) is 54.4 Å². The van der Waals surface area contributed by atoms with E-state index < -0.39 is 15.9 Å². The number of hydrogen-bond donors (Lipinski definition) is 3. The minimum Gasteiger partial charge on any atom is -0.352 e. The highest BCUT2D eigenvalue weighted by Crippen LogP contribution is 2.20. The van der Waals surface area contributed by atoms with E-state index in [1.165, 1.54) is 18.2 Å². The molecule has 8 heteroatoms. The molecule has 0 aliphatic rings. The molecule has 0 saturated heterocycles. The number of hydrogen-bond acceptors (Lipinski definition) is 4. The van der Waals surface area contributed by atoms with Crippen LogP contribution >= 0.6 is 0 Å². The van der Waals surface area contributed by atoms with Gasteiger partial charge in [-0.1, -0.05) is 66.7 Å². The lowest BCUT2D eigenvalue weighted by molar-refractivity contribution is 0.0955. The maximum absolute atomic E-state index is 13.0. The first-order valence-electron chi connectivity index (χ1n) is 11.3. The second kappa shape index (κ2) is 11.3. The molecule has 182 valence electrons. The maximum atomic E-state index is 13.0. The summed E-state index contributed by atoms with van der Waals surface area (Å²) < 4.78 is 27.7. The lowest BCUT2D eigenvalue weighted by Gasteiger charge is -2.13. The molecule has 4 rings (SSSR count). The summed E-state index contributed by atoms with van der Waals surface area (Å²) >= 11 is 0. The van der Waals surface area contributed by atoms with Gasteiger partial charge in [0.1, 0.15) is 0 Å². The Bertz CT molecular complexity index is 1460. The van der Waals surface area contributed by atoms with Crippen molar-refractivity contribution in [3.63, 3.8) is 0 Å². The molecule has 0 unspecified atom stereocenters. The van der Waals surface area contributed by atoms with E-state index in [0.29, 0.717) is 24.2 Å². The molecule has 0 saturated carbocycles. The third-order valence-electron chi connectivity index (χ3n) is 5.39. The van der Waals surface area contributed by atoms with Crippen LogP contribution in [0.5, 0.6) is 0 Å². The molecule has 4 aromatic carbocycles. The Morgan fingerprint density at radius 2 is 1.36 bits per heavy atom. The van der Waals surface area contributed by atoms with Gasteiger partial charge in [0.2, 0.25) is 0 Å². The molecular weight excluding hydrogens is 474 g/mol. The van der Waals surface area contributed by atoms with E-state index in [1.807, 2.05) is 30.3 Å². The number of rotatable bonds is 9. The number of carbonyl (C=O) groups excluding carboxylic acids is 2. The van der Waals surface area contributed by atoms with Crippen molar-refractivity contribution in [2.45, 2.75) is 11.3 Å². The second-order valence-electron chi connectivity index (χ2n) is 7.99. The molecule has 0 spiro atoms. The van der Waals surface area contributed by atoms with E-state index in [4.69, 9.17) is 0 Å². The first-order chi connectivity index (χ1) is 17.4. The topological polar surface area (TPSA) is 104 Å². The fraction of sp³-hybridized carbons (Fsp3) is 0.0714. The molecule has 3 N–H and O–H groups in total. The summed E-state index contributed by atoms with van der Waals surface area (Å²) in [4.78, 5) is 25.9. The average molecular weight is 500 g/mol. The van der Waals surface area contributed by atoms with E-state index >= 15 is 0 Å². The Labute approximate surface area is 210 Å². The minimum absolute atomic E-state index is 0.118. The molecule has 0 radical (unpaired) electrons. The molecule has 36 heavy (non-hydrogen) atoms. The predicted octanol–water partition coefficient (Wildman–Crippen LogP) is 4.71. The summed E-state index contributed by atoms with van der Waals surface area (Å²) in [5.74, 6) is -0.772. The van der Waals surface area contributed by atoms with Crippen LogP contribution in [0.1, 0.15) is 26.3 Å². The zero-order chi connectivity index (χ0) is 25.4. The molecule has 2 amide bonds. The Kier molecular flexibility index (Phi) is 7.77. The predicted molar refractivity (Wildman–Crippen MR) is 141 cm³/mol. The van der Waals surface area contributed by atoms with E-state index in [0.717, 1.165) is 5.56 Å². The van der Waals surface area contributed by atoms with E-state index in [-0.39, 0.29) is 22.1 Å². The maximum Gasteiger partial charge on any atom is 0.261 e. The number of benzene rings is 4. The van der Waals surface area contributed by atoms with Gasteiger partial charge in [-0.3, -0.25) is 14.3 Å². The van der Waals surface area contributed by atoms with Gasteiger partial charge in [-0.25, -0.2) is 8.42 Å². The zero-order valence-corrected chi connectivity index (χ0v) is 20.2. The van der Waals surface area contributed by atoms with Crippen molar-refractivity contribution in [2.75, 3.05) is 16.6 Å². The summed E-state index contributed by atoms with van der Waals surface area (Å²) in [6, 6.07) is 30.7. The van der Waals surface area contributed by atoms with Crippen molar-refractivity contribution in [1.29, 1.82) is 0 Å². The first-order valence-corrected chi connectivity index (χ1v) is 12.8. The lowest BCUT2D eigenvalue weighted by Crippen LogP contribution is -2.27. The molecule has 0 fully saturated rings. The number of nitrogens with one attached hydrogen (secondary N) is 3. The second-order valence-corrected chi connectivity index (χ2v) is 9.67. The van der Waals surface area contributed by atoms with Gasteiger partial charge < -0.3 is 10.6 Å². The highest BCUT2D eigenvalue weighted by Gasteiger charge is 2.16. The van der Waals surface area contributed by atoms with Crippen molar-refractivity contribution >= 4 is 33.2 Å². The van der Waals surface area contributed by atoms with Crippen LogP contribution in [-0.4, -0.2) is 26.8 Å². The molecule has 0 heterocycles. The highest BCUT2D eigenvalue weighted by molar-refractivity contribution is 7.92. The van der Waals surface area contributed by atoms with Crippen molar-refractivity contribution in [2.24, 2.45) is 0 Å². The van der Waals surface area contributed by atoms with Gasteiger partial charge >= 0.3 is 0 Å². The van der Waals surface area contributed by atoms with Crippen LogP contribution in [0, 0.1) is 0 Å². The normalized spacial score (nSPS) is 10.9. The number of anilines is 2. The van der Waals surface area contributed by atoms with Gasteiger partial charge in [0, 0.05) is 17.8 Å². The number of para-hydroxylation sites is 1. The molecule has 4 aromatic rings. The Balaban J connectivity index is 1.43. The standard InChI is InChI=1S/C28H25N3O4S/c32-27(22-12-9-13-23(20-22)31-36(34,35)24-14-5-2-6-15-24)30-26-17-8-7-16-25(26)28(33)29-19-18-21-10-3-1-4-11-21/h1-17,20,31H,18-19H2,(H,29,33)(H,30,32). The summed E-state index contributed by atoms with van der Waals surface area (Å²) in [5.41, 5.74) is 2.29. The van der Waals surface area contributed by atoms with Crippen molar-refractivity contribution < 1.29 is 18.0 Å². The largest absolute Gasteiger partial charge is 0.352 e.